The summed E-state index contributed by atoms with van der Waals surface area (Å²) in [6, 6.07) is 7.62. The molecule has 1 aromatic carbocycles. The number of carbonyl (C=O) groups is 1. The van der Waals surface area contributed by atoms with Crippen molar-refractivity contribution in [2.45, 2.75) is 44.6 Å². The molecule has 1 aromatic rings. The smallest absolute Gasteiger partial charge is 0.321 e. The van der Waals surface area contributed by atoms with E-state index in [2.05, 4.69) is 39.8 Å². The molecule has 6 heteroatoms. The molecular formula is C22H34BrN3O2. The van der Waals surface area contributed by atoms with Crippen molar-refractivity contribution in [3.05, 3.63) is 41.4 Å². The van der Waals surface area contributed by atoms with Gasteiger partial charge in [-0.05, 0) is 63.5 Å². The van der Waals surface area contributed by atoms with Crippen LogP contribution in [0.1, 0.15) is 38.5 Å². The van der Waals surface area contributed by atoms with Crippen molar-refractivity contribution in [2.24, 2.45) is 0 Å². The third-order valence-corrected chi connectivity index (χ3v) is 5.58. The summed E-state index contributed by atoms with van der Waals surface area (Å²) in [5.74, 6) is 0. The average molecular weight is 452 g/mol. The lowest BCUT2D eigenvalue weighted by Gasteiger charge is -2.32. The number of benzene rings is 1. The zero-order chi connectivity index (χ0) is 20.2. The van der Waals surface area contributed by atoms with Gasteiger partial charge in [-0.1, -0.05) is 34.8 Å². The molecule has 1 heterocycles. The molecular weight excluding hydrogens is 418 g/mol. The molecule has 2 amide bonds. The van der Waals surface area contributed by atoms with Crippen LogP contribution >= 0.6 is 15.9 Å². The molecule has 1 N–H and O–H groups in total. The topological polar surface area (TPSA) is 44.8 Å². The van der Waals surface area contributed by atoms with E-state index in [4.69, 9.17) is 4.74 Å². The van der Waals surface area contributed by atoms with Gasteiger partial charge in [0.2, 0.25) is 0 Å². The number of hydrogen-bond acceptors (Lipinski definition) is 3. The molecule has 1 fully saturated rings. The highest BCUT2D eigenvalue weighted by Crippen LogP contribution is 2.18. The maximum Gasteiger partial charge on any atom is 0.321 e. The summed E-state index contributed by atoms with van der Waals surface area (Å²) in [7, 11) is 2.14. The summed E-state index contributed by atoms with van der Waals surface area (Å²) in [6.07, 6.45) is 8.89. The minimum atomic E-state index is -0.0257. The number of nitrogens with one attached hydrogen (secondary N) is 1. The van der Waals surface area contributed by atoms with Crippen LogP contribution < -0.4 is 5.32 Å². The Balaban J connectivity index is 1.52. The molecule has 1 saturated heterocycles. The quantitative estimate of drug-likeness (QED) is 0.374. The Kier molecular flexibility index (Phi) is 10.6. The van der Waals surface area contributed by atoms with Gasteiger partial charge in [0.25, 0.3) is 0 Å². The molecule has 0 aliphatic carbocycles. The first-order chi connectivity index (χ1) is 13.6. The van der Waals surface area contributed by atoms with E-state index < -0.39 is 0 Å². The van der Waals surface area contributed by atoms with Crippen molar-refractivity contribution in [1.82, 2.24) is 9.80 Å². The minimum Gasteiger partial charge on any atom is -0.378 e. The van der Waals surface area contributed by atoms with Crippen LogP contribution in [0.25, 0.3) is 0 Å². The van der Waals surface area contributed by atoms with Crippen LogP contribution in [0.3, 0.4) is 0 Å². The number of piperidine rings is 1. The van der Waals surface area contributed by atoms with Crippen LogP contribution in [0, 0.1) is 0 Å². The highest BCUT2D eigenvalue weighted by molar-refractivity contribution is 9.10. The van der Waals surface area contributed by atoms with Gasteiger partial charge in [-0.2, -0.15) is 0 Å². The van der Waals surface area contributed by atoms with Crippen LogP contribution in [0.4, 0.5) is 10.5 Å². The number of likely N-dealkylation sites (tertiary alicyclic amines) is 1. The Hall–Kier alpha value is -1.37. The van der Waals surface area contributed by atoms with Crippen molar-refractivity contribution < 1.29 is 9.53 Å². The molecule has 0 aromatic heterocycles. The van der Waals surface area contributed by atoms with Crippen LogP contribution in [0.5, 0.6) is 0 Å². The molecule has 0 radical (unpaired) electrons. The summed E-state index contributed by atoms with van der Waals surface area (Å²) in [4.78, 5) is 16.5. The van der Waals surface area contributed by atoms with Gasteiger partial charge in [-0.3, -0.25) is 0 Å². The summed E-state index contributed by atoms with van der Waals surface area (Å²) in [6.45, 7) is 8.20. The second kappa shape index (κ2) is 13.0. The number of rotatable bonds is 11. The molecule has 28 heavy (non-hydrogen) atoms. The third-order valence-electron chi connectivity index (χ3n) is 5.05. The number of carbonyl (C=O) groups excluding carboxylic acids is 1. The van der Waals surface area contributed by atoms with Crippen LogP contribution in [0.2, 0.25) is 0 Å². The normalized spacial score (nSPS) is 15.0. The fraction of sp³-hybridized carbons (Fsp3) is 0.591. The van der Waals surface area contributed by atoms with Gasteiger partial charge in [0.1, 0.15) is 0 Å². The number of nitrogens with zero attached hydrogens (tertiary/aromatic N) is 2. The Morgan fingerprint density at radius 1 is 1.25 bits per heavy atom. The molecule has 0 bridgehead atoms. The Labute approximate surface area is 178 Å². The first-order valence-corrected chi connectivity index (χ1v) is 11.1. The van der Waals surface area contributed by atoms with Crippen LogP contribution in [-0.4, -0.2) is 61.8 Å². The molecule has 156 valence electrons. The van der Waals surface area contributed by atoms with Gasteiger partial charge < -0.3 is 19.9 Å². The van der Waals surface area contributed by atoms with E-state index in [1.165, 1.54) is 19.3 Å². The van der Waals surface area contributed by atoms with E-state index in [1.54, 1.807) is 0 Å². The second-order valence-electron chi connectivity index (χ2n) is 7.46. The largest absolute Gasteiger partial charge is 0.378 e. The van der Waals surface area contributed by atoms with Crippen molar-refractivity contribution in [2.75, 3.05) is 45.2 Å². The van der Waals surface area contributed by atoms with E-state index in [0.29, 0.717) is 0 Å². The number of hydrogen-bond donors (Lipinski definition) is 1. The van der Waals surface area contributed by atoms with E-state index in [0.717, 1.165) is 62.2 Å². The Bertz CT molecular complexity index is 586. The highest BCUT2D eigenvalue weighted by Gasteiger charge is 2.23. The number of amides is 2. The van der Waals surface area contributed by atoms with Crippen molar-refractivity contribution in [1.29, 1.82) is 0 Å². The fourth-order valence-electron chi connectivity index (χ4n) is 3.36. The zero-order valence-corrected chi connectivity index (χ0v) is 18.6. The highest BCUT2D eigenvalue weighted by atomic mass is 79.9. The van der Waals surface area contributed by atoms with Gasteiger partial charge in [0.05, 0.1) is 6.10 Å². The molecule has 2 rings (SSSR count). The molecule has 0 saturated carbocycles. The van der Waals surface area contributed by atoms with E-state index in [1.807, 2.05) is 35.2 Å². The molecule has 1 aliphatic heterocycles. The van der Waals surface area contributed by atoms with Crippen molar-refractivity contribution in [3.8, 4) is 0 Å². The standard InChI is InChI=1S/C22H34BrN3O2/c1-3-14-25(2)15-6-4-5-7-18-28-21-12-16-26(17-13-21)22(27)24-20-10-8-19(23)9-11-20/h3,8-11,21H,1,4-7,12-18H2,2H3,(H,24,27). The molecule has 5 nitrogen and oxygen atoms in total. The Morgan fingerprint density at radius 2 is 1.93 bits per heavy atom. The lowest BCUT2D eigenvalue weighted by Crippen LogP contribution is -2.43. The predicted molar refractivity (Wildman–Crippen MR) is 120 cm³/mol. The van der Waals surface area contributed by atoms with Gasteiger partial charge in [0.15, 0.2) is 0 Å². The zero-order valence-electron chi connectivity index (χ0n) is 17.0. The molecule has 0 unspecified atom stereocenters. The number of anilines is 1. The van der Waals surface area contributed by atoms with Crippen LogP contribution in [0.15, 0.2) is 41.4 Å². The lowest BCUT2D eigenvalue weighted by molar-refractivity contribution is 0.0140. The average Bonchev–Trinajstić information content (AvgIpc) is 2.69. The fourth-order valence-corrected chi connectivity index (χ4v) is 3.62. The monoisotopic (exact) mass is 451 g/mol. The number of unbranched alkanes of at least 4 members (excludes halogenated alkanes) is 3. The van der Waals surface area contributed by atoms with Gasteiger partial charge >= 0.3 is 6.03 Å². The minimum absolute atomic E-state index is 0.0257. The Morgan fingerprint density at radius 3 is 2.61 bits per heavy atom. The van der Waals surface area contributed by atoms with Gasteiger partial charge in [-0.15, -0.1) is 6.58 Å². The van der Waals surface area contributed by atoms with E-state index >= 15 is 0 Å². The predicted octanol–water partition coefficient (Wildman–Crippen LogP) is 5.14. The second-order valence-corrected chi connectivity index (χ2v) is 8.38. The number of urea groups is 1. The molecule has 0 atom stereocenters. The summed E-state index contributed by atoms with van der Waals surface area (Å²) in [5.41, 5.74) is 0.822. The maximum atomic E-state index is 12.4. The summed E-state index contributed by atoms with van der Waals surface area (Å²) >= 11 is 3.40. The van der Waals surface area contributed by atoms with E-state index in [-0.39, 0.29) is 12.1 Å². The van der Waals surface area contributed by atoms with Crippen LogP contribution in [-0.2, 0) is 4.74 Å². The summed E-state index contributed by atoms with van der Waals surface area (Å²) < 4.78 is 7.02. The van der Waals surface area contributed by atoms with Crippen molar-refractivity contribution >= 4 is 27.6 Å². The van der Waals surface area contributed by atoms with Gasteiger partial charge in [-0.25, -0.2) is 4.79 Å². The molecule has 0 spiro atoms. The first-order valence-electron chi connectivity index (χ1n) is 10.3. The SMILES string of the molecule is C=CCN(C)CCCCCCOC1CCN(C(=O)Nc2ccc(Br)cc2)CC1. The van der Waals surface area contributed by atoms with Gasteiger partial charge in [0, 0.05) is 36.4 Å². The lowest BCUT2D eigenvalue weighted by atomic mass is 10.1. The first kappa shape index (κ1) is 22.9. The third kappa shape index (κ3) is 8.76. The molecule has 1 aliphatic rings. The summed E-state index contributed by atoms with van der Waals surface area (Å²) in [5, 5.41) is 2.96. The maximum absolute atomic E-state index is 12.4. The number of likely N-dealkylation sites (N-methyl/N-ethyl adjacent to an activating group) is 1. The van der Waals surface area contributed by atoms with E-state index in [9.17, 15) is 4.79 Å². The number of halogens is 1. The number of ether oxygens (including phenoxy) is 1. The van der Waals surface area contributed by atoms with Crippen molar-refractivity contribution in [3.63, 3.8) is 0 Å².